The van der Waals surface area contributed by atoms with Gasteiger partial charge in [0.05, 0.1) is 44.4 Å². The Morgan fingerprint density at radius 3 is 1.72 bits per heavy atom. The quantitative estimate of drug-likeness (QED) is 0.362. The van der Waals surface area contributed by atoms with Crippen LogP contribution in [-0.4, -0.2) is 106 Å². The highest BCUT2D eigenvalue weighted by Gasteiger charge is 2.33. The third-order valence-electron chi connectivity index (χ3n) is 5.26. The van der Waals surface area contributed by atoms with Crippen molar-refractivity contribution in [3.63, 3.8) is 0 Å². The van der Waals surface area contributed by atoms with Gasteiger partial charge in [0.1, 0.15) is 11.5 Å². The zero-order chi connectivity index (χ0) is 26.1. The minimum Gasteiger partial charge on any atom is -0.495 e. The molecule has 36 heavy (non-hydrogen) atoms. The summed E-state index contributed by atoms with van der Waals surface area (Å²) in [6.07, 6.45) is 2.39. The van der Waals surface area contributed by atoms with Crippen LogP contribution in [0.3, 0.4) is 0 Å². The Morgan fingerprint density at radius 1 is 0.889 bits per heavy atom. The first-order chi connectivity index (χ1) is 17.5. The average Bonchev–Trinajstić information content (AvgIpc) is 2.91. The minimum atomic E-state index is -0.550. The van der Waals surface area contributed by atoms with Gasteiger partial charge in [-0.2, -0.15) is 24.5 Å². The number of rotatable bonds is 9. The normalized spacial score (nSPS) is 22.0. The van der Waals surface area contributed by atoms with Gasteiger partial charge in [0, 0.05) is 33.6 Å². The Balaban J connectivity index is 2.09. The average molecular weight is 499 g/mol. The first-order valence-corrected chi connectivity index (χ1v) is 10.8. The zero-order valence-electron chi connectivity index (χ0n) is 20.2. The Bertz CT molecular complexity index is 1130. The molecule has 0 aliphatic heterocycles. The summed E-state index contributed by atoms with van der Waals surface area (Å²) in [6.45, 7) is 0.0384. The summed E-state index contributed by atoms with van der Waals surface area (Å²) in [7, 11) is 5.89. The predicted molar refractivity (Wildman–Crippen MR) is 128 cm³/mol. The molecule has 0 amide bonds. The summed E-state index contributed by atoms with van der Waals surface area (Å²) in [5.74, 6) is 0.870. The van der Waals surface area contributed by atoms with E-state index in [4.69, 9.17) is 18.9 Å². The van der Waals surface area contributed by atoms with Gasteiger partial charge in [0.2, 0.25) is 5.95 Å². The lowest BCUT2D eigenvalue weighted by molar-refractivity contribution is -0.0232. The highest BCUT2D eigenvalue weighted by atomic mass is 16.5. The van der Waals surface area contributed by atoms with Crippen LogP contribution in [0, 0.1) is 0 Å². The highest BCUT2D eigenvalue weighted by molar-refractivity contribution is 6.13. The lowest BCUT2D eigenvalue weighted by Gasteiger charge is -2.19. The second kappa shape index (κ2) is 12.5. The molecule has 2 unspecified atom stereocenters. The zero-order valence-corrected chi connectivity index (χ0v) is 20.2. The van der Waals surface area contributed by atoms with Crippen LogP contribution in [0.1, 0.15) is 12.8 Å². The molecule has 0 fully saturated rings. The van der Waals surface area contributed by atoms with Gasteiger partial charge < -0.3 is 40.4 Å². The molecule has 0 spiro atoms. The highest BCUT2D eigenvalue weighted by Crippen LogP contribution is 2.24. The topological polar surface area (TPSA) is 205 Å². The van der Waals surface area contributed by atoms with Crippen LogP contribution in [0.2, 0.25) is 0 Å². The largest absolute Gasteiger partial charge is 0.495 e. The van der Waals surface area contributed by atoms with E-state index in [9.17, 15) is 16.2 Å². The number of allylic oxidation sites excluding steroid dienone is 2. The Labute approximate surface area is 206 Å². The number of ether oxygens (including phenoxy) is 4. The van der Waals surface area contributed by atoms with Crippen LogP contribution in [0.4, 0.5) is 17.8 Å². The van der Waals surface area contributed by atoms with Gasteiger partial charge in [-0.3, -0.25) is 0 Å². The molecule has 1 aromatic rings. The summed E-state index contributed by atoms with van der Waals surface area (Å²) < 4.78 is 21.5. The number of nitrogens with one attached hydrogen (secondary N) is 1. The summed E-state index contributed by atoms with van der Waals surface area (Å²) >= 11 is 0. The number of aliphatic hydroxyl groups is 1. The standard InChI is InChI=1S/C21H26N10O5/c1-33-15-9-13(30-22)17(35-3)7-11(15)25-20-27-19(24-5-6-32)28-21(29-20)26-12-8-18(36-4)14(31-23)10-16(12)34-2/h9-10,17-18,32H,5-8H2,1-4H3,(H,24,27,28,29). The van der Waals surface area contributed by atoms with Crippen LogP contribution < -0.4 is 5.32 Å². The molecule has 0 saturated heterocycles. The van der Waals surface area contributed by atoms with E-state index in [1.807, 2.05) is 0 Å². The maximum absolute atomic E-state index is 9.25. The van der Waals surface area contributed by atoms with E-state index < -0.39 is 12.2 Å². The number of aromatic nitrogens is 3. The van der Waals surface area contributed by atoms with E-state index in [1.54, 1.807) is 0 Å². The number of aliphatic imine (C=N–C) groups is 2. The van der Waals surface area contributed by atoms with Crippen LogP contribution in [-0.2, 0) is 18.9 Å². The lowest BCUT2D eigenvalue weighted by atomic mass is 9.99. The minimum absolute atomic E-state index is 0.0154. The molecule has 3 rings (SSSR count). The number of nitrogens with zero attached hydrogens (tertiary/aromatic N) is 9. The SMILES string of the molecule is COC1=CC(=[N+]=[N-])C(OC)CC1=Nc1nc(N=C2CC(OC)C(=[N+]=[N-])C=C2OC)nc(NCCO)n1. The Hall–Kier alpha value is -4.13. The molecule has 0 radical (unpaired) electrons. The van der Waals surface area contributed by atoms with Gasteiger partial charge in [-0.25, -0.2) is 9.98 Å². The maximum atomic E-state index is 9.25. The van der Waals surface area contributed by atoms with Crippen LogP contribution >= 0.6 is 0 Å². The van der Waals surface area contributed by atoms with Crippen LogP contribution in [0.15, 0.2) is 33.7 Å². The van der Waals surface area contributed by atoms with Crippen LogP contribution in [0.5, 0.6) is 0 Å². The Kier molecular flexibility index (Phi) is 9.22. The van der Waals surface area contributed by atoms with Gasteiger partial charge >= 0.3 is 11.4 Å². The summed E-state index contributed by atoms with van der Waals surface area (Å²) in [5, 5.41) is 12.1. The van der Waals surface area contributed by atoms with Crippen molar-refractivity contribution in [3.8, 4) is 0 Å². The van der Waals surface area contributed by atoms with Gasteiger partial charge in [0.15, 0.2) is 12.2 Å². The molecule has 190 valence electrons. The predicted octanol–water partition coefficient (Wildman–Crippen LogP) is 0.660. The maximum Gasteiger partial charge on any atom is 0.324 e. The molecule has 0 aromatic carbocycles. The van der Waals surface area contributed by atoms with Gasteiger partial charge in [0.25, 0.3) is 11.9 Å². The number of anilines is 1. The number of hydrogen-bond donors (Lipinski definition) is 2. The fourth-order valence-corrected chi connectivity index (χ4v) is 3.47. The third-order valence-corrected chi connectivity index (χ3v) is 5.26. The van der Waals surface area contributed by atoms with E-state index in [-0.39, 0.29) is 55.3 Å². The molecular weight excluding hydrogens is 472 g/mol. The summed E-state index contributed by atoms with van der Waals surface area (Å²) in [5.41, 5.74) is 20.0. The van der Waals surface area contributed by atoms with E-state index in [1.165, 1.54) is 40.6 Å². The fourth-order valence-electron chi connectivity index (χ4n) is 3.47. The van der Waals surface area contributed by atoms with Crippen molar-refractivity contribution in [1.82, 2.24) is 15.0 Å². The molecule has 15 nitrogen and oxygen atoms in total. The smallest absolute Gasteiger partial charge is 0.324 e. The third kappa shape index (κ3) is 6.10. The molecule has 1 aromatic heterocycles. The number of methoxy groups -OCH3 is 4. The molecule has 0 bridgehead atoms. The molecule has 1 heterocycles. The molecule has 2 aliphatic rings. The van der Waals surface area contributed by atoms with E-state index in [0.717, 1.165) is 0 Å². The van der Waals surface area contributed by atoms with Crippen molar-refractivity contribution in [2.24, 2.45) is 9.98 Å². The van der Waals surface area contributed by atoms with Crippen LogP contribution in [0.25, 0.3) is 11.1 Å². The summed E-state index contributed by atoms with van der Waals surface area (Å²) in [4.78, 5) is 28.4. The van der Waals surface area contributed by atoms with E-state index in [2.05, 4.69) is 39.8 Å². The van der Waals surface area contributed by atoms with Crippen molar-refractivity contribution in [1.29, 1.82) is 0 Å². The first-order valence-electron chi connectivity index (χ1n) is 10.8. The molecule has 2 N–H and O–H groups in total. The first kappa shape index (κ1) is 26.5. The second-order valence-corrected chi connectivity index (χ2v) is 7.36. The van der Waals surface area contributed by atoms with Gasteiger partial charge in [-0.15, -0.1) is 0 Å². The molecule has 2 atom stereocenters. The van der Waals surface area contributed by atoms with Crippen molar-refractivity contribution in [2.75, 3.05) is 46.9 Å². The monoisotopic (exact) mass is 498 g/mol. The van der Waals surface area contributed by atoms with Crippen molar-refractivity contribution in [3.05, 3.63) is 34.7 Å². The van der Waals surface area contributed by atoms with Crippen molar-refractivity contribution >= 4 is 40.7 Å². The summed E-state index contributed by atoms with van der Waals surface area (Å²) in [6, 6.07) is 0. The van der Waals surface area contributed by atoms with Gasteiger partial charge in [-0.05, 0) is 0 Å². The molecule has 2 aliphatic carbocycles. The second-order valence-electron chi connectivity index (χ2n) is 7.36. The fraction of sp³-hybridized carbons (Fsp3) is 0.476. The number of aliphatic hydroxyl groups excluding tert-OH is 1. The van der Waals surface area contributed by atoms with Gasteiger partial charge in [-0.1, -0.05) is 0 Å². The van der Waals surface area contributed by atoms with Crippen molar-refractivity contribution < 1.29 is 33.6 Å². The Morgan fingerprint density at radius 2 is 1.36 bits per heavy atom. The lowest BCUT2D eigenvalue weighted by Crippen LogP contribution is -2.32. The molecule has 0 saturated carbocycles. The number of hydrogen-bond acceptors (Lipinski definition) is 11. The van der Waals surface area contributed by atoms with Crippen molar-refractivity contribution in [2.45, 2.75) is 25.0 Å². The van der Waals surface area contributed by atoms with E-state index >= 15 is 0 Å². The molecular formula is C21H26N10O5. The molecule has 15 heteroatoms. The van der Waals surface area contributed by atoms with E-state index in [0.29, 0.717) is 22.9 Å².